The molecule has 2 amide bonds. The third-order valence-corrected chi connectivity index (χ3v) is 6.01. The molecule has 1 atom stereocenters. The molecule has 33 heavy (non-hydrogen) atoms. The van der Waals surface area contributed by atoms with Crippen LogP contribution in [0.2, 0.25) is 0 Å². The molecule has 0 aromatic heterocycles. The van der Waals surface area contributed by atoms with Gasteiger partial charge >= 0.3 is 0 Å². The third-order valence-electron chi connectivity index (χ3n) is 6.01. The largest absolute Gasteiger partial charge is 0.497 e. The van der Waals surface area contributed by atoms with Crippen LogP contribution >= 0.6 is 0 Å². The van der Waals surface area contributed by atoms with Crippen LogP contribution in [0.15, 0.2) is 30.5 Å². The summed E-state index contributed by atoms with van der Waals surface area (Å²) >= 11 is 0. The van der Waals surface area contributed by atoms with Crippen molar-refractivity contribution in [3.8, 4) is 5.75 Å². The van der Waals surface area contributed by atoms with Crippen LogP contribution in [0.1, 0.15) is 51.5 Å². The molecule has 0 spiro atoms. The van der Waals surface area contributed by atoms with E-state index in [0.717, 1.165) is 31.5 Å². The van der Waals surface area contributed by atoms with Crippen LogP contribution in [0.3, 0.4) is 0 Å². The third kappa shape index (κ3) is 7.47. The first-order valence-electron chi connectivity index (χ1n) is 12.1. The highest BCUT2D eigenvalue weighted by atomic mass is 16.5. The number of carbonyl (C=O) groups excluding carboxylic acids is 2. The second-order valence-electron chi connectivity index (χ2n) is 9.07. The Labute approximate surface area is 197 Å². The highest BCUT2D eigenvalue weighted by Crippen LogP contribution is 2.25. The first-order chi connectivity index (χ1) is 16.0. The zero-order valence-electron chi connectivity index (χ0n) is 20.2. The molecule has 8 nitrogen and oxygen atoms in total. The van der Waals surface area contributed by atoms with Gasteiger partial charge in [0.05, 0.1) is 12.8 Å². The lowest BCUT2D eigenvalue weighted by Crippen LogP contribution is -2.57. The molecular weight excluding hydrogens is 418 g/mol. The number of likely N-dealkylation sites (tertiary alicyclic amines) is 1. The SMILES string of the molecule is COc1cccc(C2=CNC(NCCCCN3CCCCC3)C(=O)N2CC(=O)NC(C)C)c1. The monoisotopic (exact) mass is 457 g/mol. The molecule has 1 fully saturated rings. The van der Waals surface area contributed by atoms with Crippen LogP contribution in [0, 0.1) is 0 Å². The number of carbonyl (C=O) groups is 2. The zero-order chi connectivity index (χ0) is 23.6. The molecule has 2 aliphatic heterocycles. The molecule has 0 aliphatic carbocycles. The van der Waals surface area contributed by atoms with Crippen LogP contribution in [-0.4, -0.2) is 73.7 Å². The van der Waals surface area contributed by atoms with Gasteiger partial charge in [0.2, 0.25) is 5.91 Å². The van der Waals surface area contributed by atoms with E-state index in [1.165, 1.54) is 32.4 Å². The molecule has 1 unspecified atom stereocenters. The van der Waals surface area contributed by atoms with Gasteiger partial charge in [0.15, 0.2) is 6.17 Å². The van der Waals surface area contributed by atoms with E-state index in [4.69, 9.17) is 4.74 Å². The zero-order valence-corrected chi connectivity index (χ0v) is 20.2. The highest BCUT2D eigenvalue weighted by Gasteiger charge is 2.32. The molecule has 2 heterocycles. The lowest BCUT2D eigenvalue weighted by atomic mass is 10.1. The first kappa shape index (κ1) is 25.1. The van der Waals surface area contributed by atoms with Gasteiger partial charge < -0.3 is 20.3 Å². The maximum absolute atomic E-state index is 13.3. The van der Waals surface area contributed by atoms with E-state index in [0.29, 0.717) is 11.4 Å². The Morgan fingerprint density at radius 1 is 1.21 bits per heavy atom. The molecular formula is C25H39N5O3. The van der Waals surface area contributed by atoms with Gasteiger partial charge in [0, 0.05) is 17.8 Å². The summed E-state index contributed by atoms with van der Waals surface area (Å²) in [7, 11) is 1.61. The standard InChI is InChI=1S/C25H39N5O3/c1-19(2)28-23(31)18-30-22(20-10-9-11-21(16-20)33-3)17-27-24(25(30)32)26-12-5-8-15-29-13-6-4-7-14-29/h9-11,16-17,19,24,26-27H,4-8,12-15,18H2,1-3H3,(H,28,31). The van der Waals surface area contributed by atoms with Gasteiger partial charge in [0.25, 0.3) is 5.91 Å². The van der Waals surface area contributed by atoms with Crippen LogP contribution in [0.25, 0.3) is 5.70 Å². The molecule has 1 saturated heterocycles. The van der Waals surface area contributed by atoms with Gasteiger partial charge in [-0.3, -0.25) is 19.8 Å². The van der Waals surface area contributed by atoms with E-state index < -0.39 is 6.17 Å². The Balaban J connectivity index is 1.61. The minimum atomic E-state index is -0.554. The summed E-state index contributed by atoms with van der Waals surface area (Å²) in [6, 6.07) is 7.51. The second kappa shape index (κ2) is 12.6. The van der Waals surface area contributed by atoms with E-state index in [1.54, 1.807) is 12.0 Å². The van der Waals surface area contributed by atoms with Crippen molar-refractivity contribution < 1.29 is 14.3 Å². The van der Waals surface area contributed by atoms with E-state index in [1.807, 2.05) is 44.3 Å². The van der Waals surface area contributed by atoms with E-state index >= 15 is 0 Å². The Bertz CT molecular complexity index is 820. The number of ether oxygens (including phenoxy) is 1. The molecule has 1 aromatic carbocycles. The van der Waals surface area contributed by atoms with E-state index in [9.17, 15) is 9.59 Å². The van der Waals surface area contributed by atoms with Gasteiger partial charge in [-0.1, -0.05) is 18.6 Å². The number of unbranched alkanes of at least 4 members (excludes halogenated alkanes) is 1. The molecule has 1 aromatic rings. The van der Waals surface area contributed by atoms with Gasteiger partial charge in [0.1, 0.15) is 12.3 Å². The van der Waals surface area contributed by atoms with Crippen LogP contribution in [-0.2, 0) is 9.59 Å². The number of nitrogens with one attached hydrogen (secondary N) is 3. The molecule has 3 rings (SSSR count). The highest BCUT2D eigenvalue weighted by molar-refractivity contribution is 5.96. The van der Waals surface area contributed by atoms with Crippen molar-refractivity contribution >= 4 is 17.5 Å². The average molecular weight is 458 g/mol. The smallest absolute Gasteiger partial charge is 0.265 e. The minimum absolute atomic E-state index is 0.00796. The number of rotatable bonds is 11. The first-order valence-corrected chi connectivity index (χ1v) is 12.1. The Morgan fingerprint density at radius 3 is 2.73 bits per heavy atom. The van der Waals surface area contributed by atoms with Crippen molar-refractivity contribution in [2.24, 2.45) is 0 Å². The number of nitrogens with zero attached hydrogens (tertiary/aromatic N) is 2. The maximum atomic E-state index is 13.3. The van der Waals surface area contributed by atoms with Gasteiger partial charge in [-0.2, -0.15) is 0 Å². The van der Waals surface area contributed by atoms with Crippen molar-refractivity contribution in [1.82, 2.24) is 25.8 Å². The minimum Gasteiger partial charge on any atom is -0.497 e. The van der Waals surface area contributed by atoms with Crippen molar-refractivity contribution in [2.45, 2.75) is 58.2 Å². The summed E-state index contributed by atoms with van der Waals surface area (Å²) < 4.78 is 5.34. The average Bonchev–Trinajstić information content (AvgIpc) is 2.81. The van der Waals surface area contributed by atoms with Crippen molar-refractivity contribution in [2.75, 3.05) is 39.8 Å². The second-order valence-corrected chi connectivity index (χ2v) is 9.07. The number of benzene rings is 1. The van der Waals surface area contributed by atoms with Crippen LogP contribution in [0.5, 0.6) is 5.75 Å². The Hall–Kier alpha value is -2.58. The number of hydrogen-bond acceptors (Lipinski definition) is 6. The quantitative estimate of drug-likeness (QED) is 0.442. The molecule has 2 aliphatic rings. The van der Waals surface area contributed by atoms with Crippen molar-refractivity contribution in [1.29, 1.82) is 0 Å². The van der Waals surface area contributed by atoms with Gasteiger partial charge in [-0.15, -0.1) is 0 Å². The maximum Gasteiger partial charge on any atom is 0.265 e. The molecule has 3 N–H and O–H groups in total. The Kier molecular flexibility index (Phi) is 9.57. The fourth-order valence-electron chi connectivity index (χ4n) is 4.32. The lowest BCUT2D eigenvalue weighted by molar-refractivity contribution is -0.135. The molecule has 182 valence electrons. The van der Waals surface area contributed by atoms with E-state index in [2.05, 4.69) is 20.9 Å². The molecule has 0 bridgehead atoms. The topological polar surface area (TPSA) is 85.9 Å². The summed E-state index contributed by atoms with van der Waals surface area (Å²) in [5.74, 6) is 0.348. The number of piperidine rings is 1. The molecule has 8 heteroatoms. The summed E-state index contributed by atoms with van der Waals surface area (Å²) in [6.07, 6.45) is 7.33. The number of amides is 2. The number of hydrogen-bond donors (Lipinski definition) is 3. The predicted octanol–water partition coefficient (Wildman–Crippen LogP) is 2.13. The van der Waals surface area contributed by atoms with Crippen LogP contribution < -0.4 is 20.7 Å². The van der Waals surface area contributed by atoms with Crippen LogP contribution in [0.4, 0.5) is 0 Å². The summed E-state index contributed by atoms with van der Waals surface area (Å²) in [5.41, 5.74) is 1.47. The lowest BCUT2D eigenvalue weighted by Gasteiger charge is -2.34. The summed E-state index contributed by atoms with van der Waals surface area (Å²) in [5, 5.41) is 9.40. The number of methoxy groups -OCH3 is 1. The summed E-state index contributed by atoms with van der Waals surface area (Å²) in [6.45, 7) is 8.06. The van der Waals surface area contributed by atoms with Crippen molar-refractivity contribution in [3.63, 3.8) is 0 Å². The molecule has 0 radical (unpaired) electrons. The molecule has 0 saturated carbocycles. The predicted molar refractivity (Wildman–Crippen MR) is 130 cm³/mol. The fourth-order valence-corrected chi connectivity index (χ4v) is 4.32. The fraction of sp³-hybridized carbons (Fsp3) is 0.600. The summed E-state index contributed by atoms with van der Waals surface area (Å²) in [4.78, 5) is 29.9. The van der Waals surface area contributed by atoms with Crippen molar-refractivity contribution in [3.05, 3.63) is 36.0 Å². The van der Waals surface area contributed by atoms with Gasteiger partial charge in [-0.25, -0.2) is 0 Å². The van der Waals surface area contributed by atoms with E-state index in [-0.39, 0.29) is 24.4 Å². The van der Waals surface area contributed by atoms with Gasteiger partial charge in [-0.05, 0) is 77.8 Å². The Morgan fingerprint density at radius 2 is 2.00 bits per heavy atom. The normalized spacial score (nSPS) is 19.3.